The Bertz CT molecular complexity index is 606. The van der Waals surface area contributed by atoms with Crippen LogP contribution in [0.2, 0.25) is 0 Å². The normalized spacial score (nSPS) is 15.4. The van der Waals surface area contributed by atoms with Crippen molar-refractivity contribution in [2.45, 2.75) is 38.7 Å². The first-order valence-electron chi connectivity index (χ1n) is 7.36. The maximum absolute atomic E-state index is 6.07. The third kappa shape index (κ3) is 2.79. The van der Waals surface area contributed by atoms with Crippen molar-refractivity contribution in [2.75, 3.05) is 5.73 Å². The molecule has 1 unspecified atom stereocenters. The molecule has 104 valence electrons. The van der Waals surface area contributed by atoms with Gasteiger partial charge < -0.3 is 10.5 Å². The minimum absolute atomic E-state index is 0.0140. The molecule has 0 bridgehead atoms. The molecule has 2 nitrogen and oxygen atoms in total. The summed E-state index contributed by atoms with van der Waals surface area (Å²) in [5, 5.41) is 0. The van der Waals surface area contributed by atoms with E-state index in [0.717, 1.165) is 17.0 Å². The monoisotopic (exact) mass is 267 g/mol. The van der Waals surface area contributed by atoms with Crippen LogP contribution >= 0.6 is 0 Å². The summed E-state index contributed by atoms with van der Waals surface area (Å²) in [7, 11) is 0. The van der Waals surface area contributed by atoms with Gasteiger partial charge in [0.25, 0.3) is 0 Å². The smallest absolute Gasteiger partial charge is 0.121 e. The van der Waals surface area contributed by atoms with Gasteiger partial charge in [-0.2, -0.15) is 0 Å². The van der Waals surface area contributed by atoms with Crippen molar-refractivity contribution < 1.29 is 4.74 Å². The predicted octanol–water partition coefficient (Wildman–Crippen LogP) is 4.29. The quantitative estimate of drug-likeness (QED) is 0.842. The Balaban J connectivity index is 1.77. The summed E-state index contributed by atoms with van der Waals surface area (Å²) < 4.78 is 6.07. The molecule has 0 aromatic heterocycles. The number of hydrogen-bond donors (Lipinski definition) is 1. The lowest BCUT2D eigenvalue weighted by atomic mass is 9.92. The molecule has 1 aliphatic rings. The maximum Gasteiger partial charge on any atom is 0.121 e. The van der Waals surface area contributed by atoms with Gasteiger partial charge in [-0.1, -0.05) is 18.2 Å². The van der Waals surface area contributed by atoms with Crippen LogP contribution in [-0.4, -0.2) is 0 Å². The third-order valence-corrected chi connectivity index (χ3v) is 4.01. The van der Waals surface area contributed by atoms with Crippen LogP contribution in [0.15, 0.2) is 42.5 Å². The molecule has 1 atom stereocenters. The highest BCUT2D eigenvalue weighted by Gasteiger charge is 2.12. The van der Waals surface area contributed by atoms with Gasteiger partial charge in [0.1, 0.15) is 11.9 Å². The Morgan fingerprint density at radius 2 is 1.80 bits per heavy atom. The predicted molar refractivity (Wildman–Crippen MR) is 83.0 cm³/mol. The van der Waals surface area contributed by atoms with E-state index < -0.39 is 0 Å². The highest BCUT2D eigenvalue weighted by atomic mass is 16.5. The largest absolute Gasteiger partial charge is 0.486 e. The second-order valence-corrected chi connectivity index (χ2v) is 5.57. The average molecular weight is 267 g/mol. The minimum Gasteiger partial charge on any atom is -0.486 e. The highest BCUT2D eigenvalue weighted by Crippen LogP contribution is 2.28. The molecule has 1 aliphatic carbocycles. The number of fused-ring (bicyclic) bond motifs is 1. The molecule has 0 saturated heterocycles. The van der Waals surface area contributed by atoms with Gasteiger partial charge in [0.2, 0.25) is 0 Å². The second kappa shape index (κ2) is 5.58. The van der Waals surface area contributed by atoms with E-state index in [-0.39, 0.29) is 6.10 Å². The van der Waals surface area contributed by atoms with Gasteiger partial charge in [-0.25, -0.2) is 0 Å². The van der Waals surface area contributed by atoms with Crippen molar-refractivity contribution in [2.24, 2.45) is 0 Å². The van der Waals surface area contributed by atoms with E-state index >= 15 is 0 Å². The van der Waals surface area contributed by atoms with Crippen LogP contribution in [0.4, 0.5) is 5.69 Å². The fraction of sp³-hybridized carbons (Fsp3) is 0.333. The van der Waals surface area contributed by atoms with E-state index in [1.54, 1.807) is 0 Å². The number of nitrogen functional groups attached to an aromatic ring is 1. The van der Waals surface area contributed by atoms with Crippen LogP contribution in [0.1, 0.15) is 42.6 Å². The first-order valence-corrected chi connectivity index (χ1v) is 7.36. The van der Waals surface area contributed by atoms with Crippen LogP contribution < -0.4 is 10.5 Å². The van der Waals surface area contributed by atoms with E-state index in [9.17, 15) is 0 Å². The minimum atomic E-state index is 0.0140. The lowest BCUT2D eigenvalue weighted by Crippen LogP contribution is -2.06. The van der Waals surface area contributed by atoms with Gasteiger partial charge >= 0.3 is 0 Å². The van der Waals surface area contributed by atoms with E-state index in [2.05, 4.69) is 31.2 Å². The van der Waals surface area contributed by atoms with Crippen molar-refractivity contribution in [1.29, 1.82) is 0 Å². The number of ether oxygens (including phenoxy) is 1. The Labute approximate surface area is 120 Å². The molecular weight excluding hydrogens is 246 g/mol. The number of anilines is 1. The van der Waals surface area contributed by atoms with Gasteiger partial charge in [0, 0.05) is 5.69 Å². The lowest BCUT2D eigenvalue weighted by Gasteiger charge is -2.19. The molecule has 2 heteroatoms. The Morgan fingerprint density at radius 3 is 2.60 bits per heavy atom. The van der Waals surface area contributed by atoms with Gasteiger partial charge in [-0.05, 0) is 73.6 Å². The fourth-order valence-electron chi connectivity index (χ4n) is 2.87. The summed E-state index contributed by atoms with van der Waals surface area (Å²) in [6, 6.07) is 14.4. The Kier molecular flexibility index (Phi) is 3.64. The first kappa shape index (κ1) is 13.0. The van der Waals surface area contributed by atoms with Gasteiger partial charge in [0.05, 0.1) is 0 Å². The van der Waals surface area contributed by atoms with Crippen molar-refractivity contribution in [3.63, 3.8) is 0 Å². The number of nitrogens with two attached hydrogens (primary N) is 1. The molecule has 2 N–H and O–H groups in total. The van der Waals surface area contributed by atoms with Gasteiger partial charge in [0.15, 0.2) is 0 Å². The van der Waals surface area contributed by atoms with Crippen molar-refractivity contribution in [3.8, 4) is 5.75 Å². The number of benzene rings is 2. The van der Waals surface area contributed by atoms with Crippen molar-refractivity contribution in [1.82, 2.24) is 0 Å². The Morgan fingerprint density at radius 1 is 1.00 bits per heavy atom. The fourth-order valence-corrected chi connectivity index (χ4v) is 2.87. The average Bonchev–Trinajstić information content (AvgIpc) is 2.47. The molecule has 0 aliphatic heterocycles. The molecule has 0 saturated carbocycles. The van der Waals surface area contributed by atoms with Crippen LogP contribution in [0, 0.1) is 0 Å². The first-order chi connectivity index (χ1) is 9.72. The number of aryl methyl sites for hydroxylation is 2. The van der Waals surface area contributed by atoms with Gasteiger partial charge in [-0.15, -0.1) is 0 Å². The van der Waals surface area contributed by atoms with E-state index in [0.29, 0.717) is 0 Å². The summed E-state index contributed by atoms with van der Waals surface area (Å²) in [5.41, 5.74) is 10.7. The third-order valence-electron chi connectivity index (χ3n) is 4.01. The summed E-state index contributed by atoms with van der Waals surface area (Å²) in [6.45, 7) is 2.06. The zero-order chi connectivity index (χ0) is 13.9. The molecular formula is C18H21NO. The second-order valence-electron chi connectivity index (χ2n) is 5.57. The van der Waals surface area contributed by atoms with Crippen molar-refractivity contribution >= 4 is 5.69 Å². The van der Waals surface area contributed by atoms with Crippen molar-refractivity contribution in [3.05, 3.63) is 59.2 Å². The molecule has 2 aromatic rings. The van der Waals surface area contributed by atoms with E-state index in [1.165, 1.54) is 36.8 Å². The Hall–Kier alpha value is -1.96. The lowest BCUT2D eigenvalue weighted by molar-refractivity contribution is 0.226. The van der Waals surface area contributed by atoms with Crippen LogP contribution in [0.5, 0.6) is 5.75 Å². The summed E-state index contributed by atoms with van der Waals surface area (Å²) in [4.78, 5) is 0. The van der Waals surface area contributed by atoms with Crippen LogP contribution in [-0.2, 0) is 12.8 Å². The maximum atomic E-state index is 6.07. The molecule has 0 amide bonds. The standard InChI is InChI=1S/C18H21NO/c1-13(15-7-4-8-17(19)11-15)20-18-10-9-14-5-2-3-6-16(14)12-18/h4,7-13H,2-3,5-6,19H2,1H3. The highest BCUT2D eigenvalue weighted by molar-refractivity contribution is 5.42. The molecule has 2 aromatic carbocycles. The zero-order valence-electron chi connectivity index (χ0n) is 11.9. The molecule has 0 radical (unpaired) electrons. The number of rotatable bonds is 3. The van der Waals surface area contributed by atoms with Crippen LogP contribution in [0.3, 0.4) is 0 Å². The zero-order valence-corrected chi connectivity index (χ0v) is 11.9. The molecule has 0 heterocycles. The molecule has 3 rings (SSSR count). The topological polar surface area (TPSA) is 35.2 Å². The number of hydrogen-bond acceptors (Lipinski definition) is 2. The SMILES string of the molecule is CC(Oc1ccc2c(c1)CCCC2)c1cccc(N)c1. The summed E-state index contributed by atoms with van der Waals surface area (Å²) in [6.07, 6.45) is 5.01. The molecule has 20 heavy (non-hydrogen) atoms. The molecule has 0 spiro atoms. The van der Waals surface area contributed by atoms with Crippen LogP contribution in [0.25, 0.3) is 0 Å². The van der Waals surface area contributed by atoms with E-state index in [4.69, 9.17) is 10.5 Å². The van der Waals surface area contributed by atoms with Gasteiger partial charge in [-0.3, -0.25) is 0 Å². The molecule has 0 fully saturated rings. The summed E-state index contributed by atoms with van der Waals surface area (Å²) in [5.74, 6) is 0.959. The van der Waals surface area contributed by atoms with E-state index in [1.807, 2.05) is 18.2 Å². The summed E-state index contributed by atoms with van der Waals surface area (Å²) >= 11 is 0.